The van der Waals surface area contributed by atoms with Crippen molar-refractivity contribution < 1.29 is 4.39 Å². The van der Waals surface area contributed by atoms with E-state index in [2.05, 4.69) is 30.7 Å². The Morgan fingerprint density at radius 2 is 1.26 bits per heavy atom. The first-order valence-electron chi connectivity index (χ1n) is 6.32. The standard InChI is InChI=1S/C16H15FN2/c1-8-9(2)11(4)16-15(10(8)3)18-13-6-5-12(17)7-14(13)19-16/h5-7H,1-4H3. The van der Waals surface area contributed by atoms with Crippen LogP contribution in [-0.2, 0) is 0 Å². The minimum Gasteiger partial charge on any atom is -0.244 e. The zero-order chi connectivity index (χ0) is 13.7. The van der Waals surface area contributed by atoms with Crippen LogP contribution in [0.1, 0.15) is 22.3 Å². The normalized spacial score (nSPS) is 11.4. The van der Waals surface area contributed by atoms with Crippen LogP contribution in [0.15, 0.2) is 18.2 Å². The average molecular weight is 254 g/mol. The molecule has 0 aliphatic carbocycles. The Balaban J connectivity index is 2.55. The molecule has 1 aromatic heterocycles. The Bertz CT molecular complexity index is 822. The largest absolute Gasteiger partial charge is 0.244 e. The minimum absolute atomic E-state index is 0.278. The number of aryl methyl sites for hydroxylation is 2. The van der Waals surface area contributed by atoms with Crippen LogP contribution in [0.2, 0.25) is 0 Å². The van der Waals surface area contributed by atoms with E-state index < -0.39 is 0 Å². The summed E-state index contributed by atoms with van der Waals surface area (Å²) in [5.41, 5.74) is 7.89. The van der Waals surface area contributed by atoms with Crippen molar-refractivity contribution >= 4 is 22.1 Å². The topological polar surface area (TPSA) is 25.8 Å². The van der Waals surface area contributed by atoms with Gasteiger partial charge in [0.05, 0.1) is 22.1 Å². The van der Waals surface area contributed by atoms with Gasteiger partial charge in [-0.1, -0.05) is 0 Å². The molecule has 2 nitrogen and oxygen atoms in total. The fourth-order valence-corrected chi connectivity index (χ4v) is 2.47. The van der Waals surface area contributed by atoms with Gasteiger partial charge in [-0.3, -0.25) is 0 Å². The van der Waals surface area contributed by atoms with Crippen LogP contribution < -0.4 is 0 Å². The van der Waals surface area contributed by atoms with Gasteiger partial charge in [0.1, 0.15) is 5.82 Å². The second-order valence-electron chi connectivity index (χ2n) is 5.05. The van der Waals surface area contributed by atoms with Gasteiger partial charge in [-0.15, -0.1) is 0 Å². The summed E-state index contributed by atoms with van der Waals surface area (Å²) in [5.74, 6) is -0.278. The molecule has 96 valence electrons. The SMILES string of the molecule is Cc1c(C)c(C)c2nc3cc(F)ccc3nc2c1C. The number of aromatic nitrogens is 2. The zero-order valence-electron chi connectivity index (χ0n) is 11.5. The molecule has 0 amide bonds. The van der Waals surface area contributed by atoms with Crippen LogP contribution in [0.25, 0.3) is 22.1 Å². The minimum atomic E-state index is -0.278. The highest BCUT2D eigenvalue weighted by Crippen LogP contribution is 2.28. The number of rotatable bonds is 0. The maximum Gasteiger partial charge on any atom is 0.125 e. The highest BCUT2D eigenvalue weighted by Gasteiger charge is 2.12. The van der Waals surface area contributed by atoms with E-state index in [9.17, 15) is 4.39 Å². The summed E-state index contributed by atoms with van der Waals surface area (Å²) in [6, 6.07) is 4.54. The number of benzene rings is 2. The molecule has 2 aromatic carbocycles. The molecule has 0 aliphatic rings. The number of fused-ring (bicyclic) bond motifs is 2. The van der Waals surface area contributed by atoms with Crippen molar-refractivity contribution in [2.45, 2.75) is 27.7 Å². The maximum absolute atomic E-state index is 13.3. The van der Waals surface area contributed by atoms with Crippen molar-refractivity contribution in [2.24, 2.45) is 0 Å². The van der Waals surface area contributed by atoms with Crippen LogP contribution >= 0.6 is 0 Å². The molecule has 3 aromatic rings. The lowest BCUT2D eigenvalue weighted by molar-refractivity contribution is 0.629. The maximum atomic E-state index is 13.3. The lowest BCUT2D eigenvalue weighted by atomic mass is 9.97. The summed E-state index contributed by atoms with van der Waals surface area (Å²) in [6.07, 6.45) is 0. The number of halogens is 1. The molecule has 0 saturated heterocycles. The van der Waals surface area contributed by atoms with E-state index in [1.54, 1.807) is 6.07 Å². The zero-order valence-corrected chi connectivity index (χ0v) is 11.5. The molecule has 19 heavy (non-hydrogen) atoms. The molecular weight excluding hydrogens is 239 g/mol. The van der Waals surface area contributed by atoms with Crippen molar-refractivity contribution in [3.63, 3.8) is 0 Å². The first-order chi connectivity index (χ1) is 8.99. The van der Waals surface area contributed by atoms with Crippen molar-refractivity contribution in [1.82, 2.24) is 9.97 Å². The van der Waals surface area contributed by atoms with Gasteiger partial charge in [-0.25, -0.2) is 14.4 Å². The quantitative estimate of drug-likeness (QED) is 0.563. The molecular formula is C16H15FN2. The lowest BCUT2D eigenvalue weighted by Crippen LogP contribution is -1.99. The molecule has 0 saturated carbocycles. The van der Waals surface area contributed by atoms with Gasteiger partial charge in [0.25, 0.3) is 0 Å². The Labute approximate surface area is 111 Å². The second kappa shape index (κ2) is 3.98. The van der Waals surface area contributed by atoms with Crippen LogP contribution in [0.5, 0.6) is 0 Å². The Morgan fingerprint density at radius 1 is 0.737 bits per heavy atom. The number of nitrogens with zero attached hydrogens (tertiary/aromatic N) is 2. The molecule has 0 N–H and O–H groups in total. The molecule has 0 bridgehead atoms. The van der Waals surface area contributed by atoms with E-state index in [-0.39, 0.29) is 5.82 Å². The van der Waals surface area contributed by atoms with Gasteiger partial charge in [-0.2, -0.15) is 0 Å². The van der Waals surface area contributed by atoms with Crippen LogP contribution in [0.4, 0.5) is 4.39 Å². The molecule has 1 heterocycles. The van der Waals surface area contributed by atoms with Gasteiger partial charge >= 0.3 is 0 Å². The summed E-state index contributed by atoms with van der Waals surface area (Å²) >= 11 is 0. The van der Waals surface area contributed by atoms with E-state index in [1.165, 1.54) is 23.3 Å². The predicted molar refractivity (Wildman–Crippen MR) is 76.0 cm³/mol. The van der Waals surface area contributed by atoms with Crippen molar-refractivity contribution in [3.05, 3.63) is 46.3 Å². The molecule has 0 aliphatic heterocycles. The Hall–Kier alpha value is -2.03. The molecule has 0 spiro atoms. The fourth-order valence-electron chi connectivity index (χ4n) is 2.47. The van der Waals surface area contributed by atoms with Crippen molar-refractivity contribution in [1.29, 1.82) is 0 Å². The van der Waals surface area contributed by atoms with E-state index in [1.807, 2.05) is 6.92 Å². The molecule has 3 rings (SSSR count). The molecule has 0 radical (unpaired) electrons. The first kappa shape index (κ1) is 12.0. The Morgan fingerprint density at radius 3 is 1.84 bits per heavy atom. The van der Waals surface area contributed by atoms with E-state index in [0.717, 1.165) is 27.7 Å². The number of hydrogen-bond donors (Lipinski definition) is 0. The third-order valence-electron chi connectivity index (χ3n) is 4.02. The second-order valence-corrected chi connectivity index (χ2v) is 5.05. The highest BCUT2D eigenvalue weighted by molar-refractivity contribution is 5.91. The first-order valence-corrected chi connectivity index (χ1v) is 6.32. The summed E-state index contributed by atoms with van der Waals surface area (Å²) in [7, 11) is 0. The fraction of sp³-hybridized carbons (Fsp3) is 0.250. The van der Waals surface area contributed by atoms with Crippen molar-refractivity contribution in [2.75, 3.05) is 0 Å². The lowest BCUT2D eigenvalue weighted by Gasteiger charge is -2.13. The molecule has 0 atom stereocenters. The van der Waals surface area contributed by atoms with Gasteiger partial charge < -0.3 is 0 Å². The van der Waals surface area contributed by atoms with Crippen LogP contribution in [0.3, 0.4) is 0 Å². The van der Waals surface area contributed by atoms with E-state index in [4.69, 9.17) is 0 Å². The van der Waals surface area contributed by atoms with Gasteiger partial charge in [0.2, 0.25) is 0 Å². The average Bonchev–Trinajstić information content (AvgIpc) is 2.41. The summed E-state index contributed by atoms with van der Waals surface area (Å²) in [4.78, 5) is 9.25. The molecule has 0 fully saturated rings. The van der Waals surface area contributed by atoms with Crippen LogP contribution in [-0.4, -0.2) is 9.97 Å². The van der Waals surface area contributed by atoms with Crippen LogP contribution in [0, 0.1) is 33.5 Å². The Kier molecular flexibility index (Phi) is 2.52. The van der Waals surface area contributed by atoms with E-state index >= 15 is 0 Å². The highest BCUT2D eigenvalue weighted by atomic mass is 19.1. The molecule has 3 heteroatoms. The third kappa shape index (κ3) is 1.69. The van der Waals surface area contributed by atoms with Gasteiger partial charge in [0, 0.05) is 6.07 Å². The van der Waals surface area contributed by atoms with E-state index in [0.29, 0.717) is 5.52 Å². The molecule has 0 unspecified atom stereocenters. The number of hydrogen-bond acceptors (Lipinski definition) is 2. The van der Waals surface area contributed by atoms with Crippen molar-refractivity contribution in [3.8, 4) is 0 Å². The van der Waals surface area contributed by atoms with Gasteiger partial charge in [0.15, 0.2) is 0 Å². The smallest absolute Gasteiger partial charge is 0.125 e. The summed E-state index contributed by atoms with van der Waals surface area (Å²) in [5, 5.41) is 0. The predicted octanol–water partition coefficient (Wildman–Crippen LogP) is 4.16. The summed E-state index contributed by atoms with van der Waals surface area (Å²) < 4.78 is 13.3. The van der Waals surface area contributed by atoms with Gasteiger partial charge in [-0.05, 0) is 62.1 Å². The summed E-state index contributed by atoms with van der Waals surface area (Å²) in [6.45, 7) is 8.31. The third-order valence-corrected chi connectivity index (χ3v) is 4.02. The monoisotopic (exact) mass is 254 g/mol.